The van der Waals surface area contributed by atoms with Crippen molar-refractivity contribution in [3.63, 3.8) is 0 Å². The number of urea groups is 1. The van der Waals surface area contributed by atoms with Crippen LogP contribution in [0.1, 0.15) is 23.1 Å². The highest BCUT2D eigenvalue weighted by Gasteiger charge is 2.38. The second-order valence-corrected chi connectivity index (χ2v) is 8.67. The van der Waals surface area contributed by atoms with E-state index >= 15 is 0 Å². The summed E-state index contributed by atoms with van der Waals surface area (Å²) in [6.07, 6.45) is -4.69. The molecule has 1 aromatic heterocycles. The third-order valence-corrected chi connectivity index (χ3v) is 6.25. The topological polar surface area (TPSA) is 74.5 Å². The lowest BCUT2D eigenvalue weighted by molar-refractivity contribution is -0.156. The minimum absolute atomic E-state index is 0.0124. The summed E-state index contributed by atoms with van der Waals surface area (Å²) in [7, 11) is 0. The molecule has 4 aromatic rings. The third-order valence-electron chi connectivity index (χ3n) is 6.25. The minimum atomic E-state index is -4.69. The van der Waals surface area contributed by atoms with Gasteiger partial charge in [0.05, 0.1) is 6.04 Å². The highest BCUT2D eigenvalue weighted by Crippen LogP contribution is 2.31. The van der Waals surface area contributed by atoms with Gasteiger partial charge in [0.25, 0.3) is 0 Å². The molecule has 0 bridgehead atoms. The van der Waals surface area contributed by atoms with E-state index in [4.69, 9.17) is 4.42 Å². The van der Waals surface area contributed by atoms with Crippen molar-refractivity contribution in [3.8, 4) is 11.5 Å². The Morgan fingerprint density at radius 1 is 0.919 bits per heavy atom. The van der Waals surface area contributed by atoms with Crippen LogP contribution in [-0.4, -0.2) is 40.8 Å². The van der Waals surface area contributed by atoms with Gasteiger partial charge >= 0.3 is 18.1 Å². The van der Waals surface area contributed by atoms with Crippen molar-refractivity contribution in [2.24, 2.45) is 0 Å². The molecule has 0 saturated carbocycles. The van der Waals surface area contributed by atoms with Gasteiger partial charge in [-0.15, -0.1) is 10.2 Å². The Morgan fingerprint density at radius 2 is 1.59 bits per heavy atom. The largest absolute Gasteiger partial charge is 0.470 e. The fourth-order valence-electron chi connectivity index (χ4n) is 4.37. The van der Waals surface area contributed by atoms with Gasteiger partial charge in [0.15, 0.2) is 0 Å². The SMILES string of the molecule is O=C(NCc1ccc(-c2nnc(C(F)(F)F)o2)cc1)N1CCN(c2ccccc2)C(c2ccccc2)C1. The van der Waals surface area contributed by atoms with E-state index in [1.165, 1.54) is 0 Å². The van der Waals surface area contributed by atoms with Crippen molar-refractivity contribution in [1.82, 2.24) is 20.4 Å². The van der Waals surface area contributed by atoms with Crippen molar-refractivity contribution in [2.75, 3.05) is 24.5 Å². The van der Waals surface area contributed by atoms with Crippen LogP contribution >= 0.6 is 0 Å². The zero-order valence-electron chi connectivity index (χ0n) is 19.7. The minimum Gasteiger partial charge on any atom is -0.413 e. The van der Waals surface area contributed by atoms with Crippen molar-refractivity contribution in [2.45, 2.75) is 18.8 Å². The number of benzene rings is 3. The molecule has 10 heteroatoms. The highest BCUT2D eigenvalue weighted by molar-refractivity contribution is 5.75. The van der Waals surface area contributed by atoms with Crippen LogP contribution < -0.4 is 10.2 Å². The summed E-state index contributed by atoms with van der Waals surface area (Å²) in [6.45, 7) is 2.06. The predicted molar refractivity (Wildman–Crippen MR) is 132 cm³/mol. The number of anilines is 1. The number of hydrogen-bond acceptors (Lipinski definition) is 5. The summed E-state index contributed by atoms with van der Waals surface area (Å²) < 4.78 is 42.8. The van der Waals surface area contributed by atoms with Gasteiger partial charge in [-0.1, -0.05) is 60.7 Å². The molecule has 1 fully saturated rings. The van der Waals surface area contributed by atoms with E-state index in [1.54, 1.807) is 24.3 Å². The first-order chi connectivity index (χ1) is 17.9. The molecule has 2 heterocycles. The monoisotopic (exact) mass is 507 g/mol. The second kappa shape index (κ2) is 10.3. The summed E-state index contributed by atoms with van der Waals surface area (Å²) in [4.78, 5) is 17.2. The molecule has 0 radical (unpaired) electrons. The van der Waals surface area contributed by atoms with E-state index in [9.17, 15) is 18.0 Å². The average molecular weight is 508 g/mol. The smallest absolute Gasteiger partial charge is 0.413 e. The van der Waals surface area contributed by atoms with Crippen LogP contribution in [0.15, 0.2) is 89.3 Å². The number of amides is 2. The molecule has 7 nitrogen and oxygen atoms in total. The van der Waals surface area contributed by atoms with Crippen LogP contribution in [0, 0.1) is 0 Å². The Balaban J connectivity index is 1.23. The zero-order chi connectivity index (χ0) is 25.8. The maximum atomic E-state index is 13.0. The van der Waals surface area contributed by atoms with Gasteiger partial charge in [-0.25, -0.2) is 4.79 Å². The number of para-hydroxylation sites is 1. The fourth-order valence-corrected chi connectivity index (χ4v) is 4.37. The quantitative estimate of drug-likeness (QED) is 0.385. The van der Waals surface area contributed by atoms with Crippen molar-refractivity contribution >= 4 is 11.7 Å². The molecule has 1 saturated heterocycles. The van der Waals surface area contributed by atoms with Crippen LogP contribution in [-0.2, 0) is 12.7 Å². The first-order valence-corrected chi connectivity index (χ1v) is 11.8. The van der Waals surface area contributed by atoms with E-state index in [0.717, 1.165) is 16.8 Å². The number of nitrogens with zero attached hydrogens (tertiary/aromatic N) is 4. The predicted octanol–water partition coefficient (Wildman–Crippen LogP) is 5.53. The summed E-state index contributed by atoms with van der Waals surface area (Å²) in [5.74, 6) is -1.61. The Labute approximate surface area is 211 Å². The summed E-state index contributed by atoms with van der Waals surface area (Å²) in [6, 6.07) is 26.7. The van der Waals surface area contributed by atoms with Crippen molar-refractivity contribution in [3.05, 3.63) is 102 Å². The number of alkyl halides is 3. The van der Waals surface area contributed by atoms with Crippen LogP contribution in [0.2, 0.25) is 0 Å². The number of hydrogen-bond donors (Lipinski definition) is 1. The molecule has 37 heavy (non-hydrogen) atoms. The van der Waals surface area contributed by atoms with Gasteiger partial charge in [-0.3, -0.25) is 0 Å². The van der Waals surface area contributed by atoms with Crippen molar-refractivity contribution in [1.29, 1.82) is 0 Å². The van der Waals surface area contributed by atoms with Crippen LogP contribution in [0.3, 0.4) is 0 Å². The molecule has 0 aliphatic carbocycles. The Morgan fingerprint density at radius 3 is 2.24 bits per heavy atom. The molecule has 1 unspecified atom stereocenters. The van der Waals surface area contributed by atoms with Gasteiger partial charge < -0.3 is 19.5 Å². The Hall–Kier alpha value is -4.34. The normalized spacial score (nSPS) is 16.0. The number of aromatic nitrogens is 2. The van der Waals surface area contributed by atoms with E-state index in [2.05, 4.69) is 44.7 Å². The number of carbonyl (C=O) groups excluding carboxylic acids is 1. The summed E-state index contributed by atoms with van der Waals surface area (Å²) in [5.41, 5.74) is 3.39. The van der Waals surface area contributed by atoms with Gasteiger partial charge in [0.2, 0.25) is 5.89 Å². The maximum Gasteiger partial charge on any atom is 0.470 e. The lowest BCUT2D eigenvalue weighted by atomic mass is 10.0. The van der Waals surface area contributed by atoms with Gasteiger partial charge in [-0.2, -0.15) is 13.2 Å². The first-order valence-electron chi connectivity index (χ1n) is 11.8. The molecule has 1 N–H and O–H groups in total. The van der Waals surface area contributed by atoms with Crippen LogP contribution in [0.5, 0.6) is 0 Å². The molecule has 190 valence electrons. The standard InChI is InChI=1S/C27H24F3N5O2/c28-27(29,30)25-33-32-24(37-25)21-13-11-19(12-14-21)17-31-26(36)34-15-16-35(22-9-5-2-6-10-22)23(18-34)20-7-3-1-4-8-20/h1-14,23H,15-18H2,(H,31,36). The molecule has 1 atom stereocenters. The van der Waals surface area contributed by atoms with E-state index < -0.39 is 12.1 Å². The Bertz CT molecular complexity index is 1330. The first kappa shape index (κ1) is 24.4. The summed E-state index contributed by atoms with van der Waals surface area (Å²) in [5, 5.41) is 9.45. The fraction of sp³-hybridized carbons (Fsp3) is 0.222. The number of halogens is 3. The molecule has 2 amide bonds. The van der Waals surface area contributed by atoms with E-state index in [-0.39, 0.29) is 24.5 Å². The lowest BCUT2D eigenvalue weighted by Crippen LogP contribution is -2.53. The number of piperazine rings is 1. The van der Waals surface area contributed by atoms with Crippen molar-refractivity contribution < 1.29 is 22.4 Å². The lowest BCUT2D eigenvalue weighted by Gasteiger charge is -2.43. The molecule has 1 aliphatic heterocycles. The van der Waals surface area contributed by atoms with Gasteiger partial charge in [0, 0.05) is 37.4 Å². The van der Waals surface area contributed by atoms with Crippen LogP contribution in [0.25, 0.3) is 11.5 Å². The number of carbonyl (C=O) groups is 1. The Kier molecular flexibility index (Phi) is 6.80. The number of rotatable bonds is 5. The molecule has 1 aliphatic rings. The molecule has 5 rings (SSSR count). The maximum absolute atomic E-state index is 13.0. The van der Waals surface area contributed by atoms with Gasteiger partial charge in [-0.05, 0) is 35.4 Å². The third kappa shape index (κ3) is 5.58. The summed E-state index contributed by atoms with van der Waals surface area (Å²) >= 11 is 0. The molecular weight excluding hydrogens is 483 g/mol. The second-order valence-electron chi connectivity index (χ2n) is 8.67. The molecular formula is C27H24F3N5O2. The van der Waals surface area contributed by atoms with Crippen LogP contribution in [0.4, 0.5) is 23.7 Å². The van der Waals surface area contributed by atoms with Gasteiger partial charge in [0.1, 0.15) is 0 Å². The van der Waals surface area contributed by atoms with E-state index in [1.807, 2.05) is 41.3 Å². The zero-order valence-corrected chi connectivity index (χ0v) is 19.7. The molecule has 3 aromatic carbocycles. The highest BCUT2D eigenvalue weighted by atomic mass is 19.4. The average Bonchev–Trinajstić information content (AvgIpc) is 3.44. The van der Waals surface area contributed by atoms with E-state index in [0.29, 0.717) is 25.2 Å². The number of nitrogens with one attached hydrogen (secondary N) is 1. The molecule has 0 spiro atoms.